The Hall–Kier alpha value is -1.67. The van der Waals surface area contributed by atoms with Gasteiger partial charge in [0.15, 0.2) is 0 Å². The fourth-order valence-electron chi connectivity index (χ4n) is 2.57. The summed E-state index contributed by atoms with van der Waals surface area (Å²) < 4.78 is 14.5. The van der Waals surface area contributed by atoms with Crippen molar-refractivity contribution in [2.45, 2.75) is 25.2 Å². The van der Waals surface area contributed by atoms with Crippen LogP contribution >= 0.6 is 0 Å². The maximum absolute atomic E-state index is 14.5. The zero-order valence-corrected chi connectivity index (χ0v) is 10.1. The molecule has 3 rings (SSSR count). The van der Waals surface area contributed by atoms with E-state index in [4.69, 9.17) is 0 Å². The number of alkyl halides is 1. The lowest BCUT2D eigenvalue weighted by Crippen LogP contribution is -2.39. The van der Waals surface area contributed by atoms with Crippen LogP contribution in [0.3, 0.4) is 0 Å². The Kier molecular flexibility index (Phi) is 3.11. The van der Waals surface area contributed by atoms with Crippen LogP contribution in [0, 0.1) is 0 Å². The van der Waals surface area contributed by atoms with Crippen LogP contribution in [0.2, 0.25) is 0 Å². The van der Waals surface area contributed by atoms with Gasteiger partial charge in [0.1, 0.15) is 6.17 Å². The molecule has 0 saturated carbocycles. The van der Waals surface area contributed by atoms with E-state index in [2.05, 4.69) is 17.4 Å². The van der Waals surface area contributed by atoms with Crippen molar-refractivity contribution >= 4 is 0 Å². The average Bonchev–Trinajstić information content (AvgIpc) is 2.43. The van der Waals surface area contributed by atoms with E-state index in [9.17, 15) is 4.39 Å². The highest BCUT2D eigenvalue weighted by Gasteiger charge is 2.28. The zero-order chi connectivity index (χ0) is 12.4. The van der Waals surface area contributed by atoms with Crippen molar-refractivity contribution in [3.63, 3.8) is 0 Å². The first-order chi connectivity index (χ1) is 8.84. The normalized spacial score (nSPS) is 22.5. The van der Waals surface area contributed by atoms with E-state index >= 15 is 0 Å². The van der Waals surface area contributed by atoms with Gasteiger partial charge in [-0.2, -0.15) is 0 Å². The van der Waals surface area contributed by atoms with Gasteiger partial charge in [-0.15, -0.1) is 0 Å². The van der Waals surface area contributed by atoms with Crippen molar-refractivity contribution in [3.05, 3.63) is 71.3 Å². The Labute approximate surface area is 107 Å². The van der Waals surface area contributed by atoms with Gasteiger partial charge in [0.05, 0.1) is 0 Å². The molecule has 0 aliphatic carbocycles. The van der Waals surface area contributed by atoms with Gasteiger partial charge in [-0.1, -0.05) is 54.6 Å². The molecule has 0 unspecified atom stereocenters. The Morgan fingerprint density at radius 1 is 1.00 bits per heavy atom. The first-order valence-electron chi connectivity index (χ1n) is 6.34. The van der Waals surface area contributed by atoms with Gasteiger partial charge in [-0.3, -0.25) is 0 Å². The predicted octanol–water partition coefficient (Wildman–Crippen LogP) is 3.41. The van der Waals surface area contributed by atoms with E-state index in [-0.39, 0.29) is 6.04 Å². The first kappa shape index (κ1) is 11.4. The zero-order valence-electron chi connectivity index (χ0n) is 10.1. The Bertz CT molecular complexity index is 524. The lowest BCUT2D eigenvalue weighted by molar-refractivity contribution is 0.233. The summed E-state index contributed by atoms with van der Waals surface area (Å²) in [6.07, 6.45) is -0.189. The minimum atomic E-state index is -0.921. The van der Waals surface area contributed by atoms with E-state index in [1.54, 1.807) is 0 Å². The van der Waals surface area contributed by atoms with Crippen LogP contribution in [0.25, 0.3) is 0 Å². The van der Waals surface area contributed by atoms with Crippen LogP contribution in [0.4, 0.5) is 4.39 Å². The van der Waals surface area contributed by atoms with Crippen molar-refractivity contribution in [2.24, 2.45) is 0 Å². The van der Waals surface area contributed by atoms with Crippen LogP contribution in [0.5, 0.6) is 0 Å². The summed E-state index contributed by atoms with van der Waals surface area (Å²) in [5.74, 6) is 0. The standard InChI is InChI=1S/C16H16FN/c17-16-14-9-5-4-8-13(14)11-18-15(16)10-12-6-2-1-3-7-12/h1-9,15-16,18H,10-11H2/t15-,16-/m1/s1. The maximum Gasteiger partial charge on any atom is 0.141 e. The van der Waals surface area contributed by atoms with Crippen molar-refractivity contribution in [2.75, 3.05) is 0 Å². The molecule has 0 saturated heterocycles. The van der Waals surface area contributed by atoms with Crippen LogP contribution in [0.15, 0.2) is 54.6 Å². The predicted molar refractivity (Wildman–Crippen MR) is 71.1 cm³/mol. The SMILES string of the molecule is F[C@@H]1c2ccccc2CN[C@@H]1Cc1ccccc1. The highest BCUT2D eigenvalue weighted by atomic mass is 19.1. The third-order valence-electron chi connectivity index (χ3n) is 3.56. The monoisotopic (exact) mass is 241 g/mol. The maximum atomic E-state index is 14.5. The summed E-state index contributed by atoms with van der Waals surface area (Å²) in [6.45, 7) is 0.758. The molecule has 1 N–H and O–H groups in total. The van der Waals surface area contributed by atoms with Gasteiger partial charge in [0, 0.05) is 12.6 Å². The molecule has 1 nitrogen and oxygen atoms in total. The van der Waals surface area contributed by atoms with Gasteiger partial charge in [-0.25, -0.2) is 4.39 Å². The van der Waals surface area contributed by atoms with E-state index in [1.807, 2.05) is 42.5 Å². The molecule has 1 heterocycles. The smallest absolute Gasteiger partial charge is 0.141 e. The lowest BCUT2D eigenvalue weighted by atomic mass is 9.90. The second-order valence-electron chi connectivity index (χ2n) is 4.78. The fraction of sp³-hybridized carbons (Fsp3) is 0.250. The van der Waals surface area contributed by atoms with Crippen molar-refractivity contribution < 1.29 is 4.39 Å². The number of fused-ring (bicyclic) bond motifs is 1. The molecule has 2 heteroatoms. The molecular weight excluding hydrogens is 225 g/mol. The third kappa shape index (κ3) is 2.16. The average molecular weight is 241 g/mol. The molecule has 1 aliphatic heterocycles. The summed E-state index contributed by atoms with van der Waals surface area (Å²) in [6, 6.07) is 17.7. The molecule has 18 heavy (non-hydrogen) atoms. The molecule has 1 aliphatic rings. The number of benzene rings is 2. The highest BCUT2D eigenvalue weighted by molar-refractivity contribution is 5.33. The Morgan fingerprint density at radius 2 is 1.72 bits per heavy atom. The minimum Gasteiger partial charge on any atom is -0.306 e. The fourth-order valence-corrected chi connectivity index (χ4v) is 2.57. The Morgan fingerprint density at radius 3 is 2.56 bits per heavy atom. The molecule has 0 spiro atoms. The summed E-state index contributed by atoms with van der Waals surface area (Å²) in [5.41, 5.74) is 3.10. The molecule has 0 fully saturated rings. The Balaban J connectivity index is 1.81. The van der Waals surface area contributed by atoms with Crippen LogP contribution in [-0.2, 0) is 13.0 Å². The van der Waals surface area contributed by atoms with Crippen molar-refractivity contribution in [1.82, 2.24) is 5.32 Å². The molecule has 92 valence electrons. The number of hydrogen-bond acceptors (Lipinski definition) is 1. The number of rotatable bonds is 2. The lowest BCUT2D eigenvalue weighted by Gasteiger charge is -2.29. The summed E-state index contributed by atoms with van der Waals surface area (Å²) in [4.78, 5) is 0. The van der Waals surface area contributed by atoms with Crippen molar-refractivity contribution in [1.29, 1.82) is 0 Å². The summed E-state index contributed by atoms with van der Waals surface area (Å²) in [7, 11) is 0. The molecule has 2 aromatic rings. The van der Waals surface area contributed by atoms with Crippen LogP contribution < -0.4 is 5.32 Å². The van der Waals surface area contributed by atoms with E-state index in [0.29, 0.717) is 0 Å². The largest absolute Gasteiger partial charge is 0.306 e. The molecule has 0 amide bonds. The third-order valence-corrected chi connectivity index (χ3v) is 3.56. The van der Waals surface area contributed by atoms with Crippen molar-refractivity contribution in [3.8, 4) is 0 Å². The highest BCUT2D eigenvalue weighted by Crippen LogP contribution is 2.30. The number of nitrogens with one attached hydrogen (secondary N) is 1. The van der Waals surface area contributed by atoms with E-state index in [1.165, 1.54) is 5.56 Å². The van der Waals surface area contributed by atoms with Gasteiger partial charge < -0.3 is 5.32 Å². The number of halogens is 1. The molecule has 2 atom stereocenters. The van der Waals surface area contributed by atoms with Gasteiger partial charge in [0.2, 0.25) is 0 Å². The second kappa shape index (κ2) is 4.91. The van der Waals surface area contributed by atoms with E-state index < -0.39 is 6.17 Å². The van der Waals surface area contributed by atoms with Crippen LogP contribution in [0.1, 0.15) is 22.9 Å². The first-order valence-corrected chi connectivity index (χ1v) is 6.34. The van der Waals surface area contributed by atoms with E-state index in [0.717, 1.165) is 24.1 Å². The van der Waals surface area contributed by atoms with Crippen LogP contribution in [-0.4, -0.2) is 6.04 Å². The molecule has 0 bridgehead atoms. The van der Waals surface area contributed by atoms with Gasteiger partial charge >= 0.3 is 0 Å². The van der Waals surface area contributed by atoms with Gasteiger partial charge in [0.25, 0.3) is 0 Å². The molecule has 0 aromatic heterocycles. The molecule has 0 radical (unpaired) electrons. The second-order valence-corrected chi connectivity index (χ2v) is 4.78. The topological polar surface area (TPSA) is 12.0 Å². The summed E-state index contributed by atoms with van der Waals surface area (Å²) in [5, 5.41) is 3.30. The van der Waals surface area contributed by atoms with Gasteiger partial charge in [-0.05, 0) is 23.1 Å². The quantitative estimate of drug-likeness (QED) is 0.849. The molecule has 2 aromatic carbocycles. The summed E-state index contributed by atoms with van der Waals surface area (Å²) >= 11 is 0. The minimum absolute atomic E-state index is 0.123. The number of hydrogen-bond donors (Lipinski definition) is 1. The molecular formula is C16H16FN.